The Morgan fingerprint density at radius 1 is 1.10 bits per heavy atom. The monoisotopic (exact) mass is 304 g/mol. The summed E-state index contributed by atoms with van der Waals surface area (Å²) in [7, 11) is 0. The fraction of sp³-hybridized carbons (Fsp3) is 0.357. The van der Waals surface area contributed by atoms with Crippen LogP contribution in [-0.2, 0) is 0 Å². The molecule has 0 atom stereocenters. The van der Waals surface area contributed by atoms with Gasteiger partial charge < -0.3 is 4.90 Å². The van der Waals surface area contributed by atoms with Crippen molar-refractivity contribution in [3.05, 3.63) is 29.8 Å². The largest absolute Gasteiger partial charge is 0.341 e. The van der Waals surface area contributed by atoms with Gasteiger partial charge in [0.25, 0.3) is 0 Å². The normalized spacial score (nSPS) is 10.5. The van der Waals surface area contributed by atoms with Gasteiger partial charge in [-0.2, -0.15) is 15.0 Å². The first kappa shape index (κ1) is 15.5. The number of anilines is 2. The van der Waals surface area contributed by atoms with Crippen LogP contribution in [-0.4, -0.2) is 28.0 Å². The number of benzene rings is 1. The number of aromatic nitrogens is 3. The summed E-state index contributed by atoms with van der Waals surface area (Å²) in [5.74, 6) is 6.47. The van der Waals surface area contributed by atoms with E-state index in [1.54, 1.807) is 0 Å². The Hall–Kier alpha value is -1.86. The number of hydrazine groups is 1. The maximum absolute atomic E-state index is 5.45. The molecule has 21 heavy (non-hydrogen) atoms. The predicted molar refractivity (Wildman–Crippen MR) is 86.5 cm³/mol. The van der Waals surface area contributed by atoms with Crippen LogP contribution >= 0.6 is 11.8 Å². The number of hydrogen-bond donors (Lipinski definition) is 2. The maximum atomic E-state index is 5.45. The molecule has 6 nitrogen and oxygen atoms in total. The van der Waals surface area contributed by atoms with Crippen LogP contribution < -0.4 is 16.2 Å². The summed E-state index contributed by atoms with van der Waals surface area (Å²) in [4.78, 5) is 16.3. The van der Waals surface area contributed by atoms with Crippen molar-refractivity contribution in [3.63, 3.8) is 0 Å². The highest BCUT2D eigenvalue weighted by Crippen LogP contribution is 2.26. The van der Waals surface area contributed by atoms with Crippen molar-refractivity contribution < 1.29 is 0 Å². The van der Waals surface area contributed by atoms with E-state index >= 15 is 0 Å². The van der Waals surface area contributed by atoms with Gasteiger partial charge in [-0.15, -0.1) is 0 Å². The number of aryl methyl sites for hydroxylation is 1. The lowest BCUT2D eigenvalue weighted by molar-refractivity contribution is 0.783. The van der Waals surface area contributed by atoms with E-state index in [2.05, 4.69) is 70.3 Å². The molecule has 1 heterocycles. The van der Waals surface area contributed by atoms with Gasteiger partial charge in [0.05, 0.1) is 0 Å². The molecule has 7 heteroatoms. The summed E-state index contributed by atoms with van der Waals surface area (Å²) in [6.45, 7) is 7.86. The third kappa shape index (κ3) is 4.05. The van der Waals surface area contributed by atoms with Crippen LogP contribution in [0.25, 0.3) is 0 Å². The minimum Gasteiger partial charge on any atom is -0.341 e. The Morgan fingerprint density at radius 3 is 2.33 bits per heavy atom. The third-order valence-electron chi connectivity index (χ3n) is 3.01. The van der Waals surface area contributed by atoms with E-state index in [9.17, 15) is 0 Å². The van der Waals surface area contributed by atoms with Crippen molar-refractivity contribution in [3.8, 4) is 0 Å². The zero-order valence-electron chi connectivity index (χ0n) is 12.5. The Bertz CT molecular complexity index is 583. The second-order valence-corrected chi connectivity index (χ2v) is 5.51. The second-order valence-electron chi connectivity index (χ2n) is 4.47. The summed E-state index contributed by atoms with van der Waals surface area (Å²) in [6.07, 6.45) is 0. The smallest absolute Gasteiger partial charge is 0.242 e. The first-order valence-corrected chi connectivity index (χ1v) is 7.70. The molecule has 0 fully saturated rings. The van der Waals surface area contributed by atoms with E-state index in [1.165, 1.54) is 17.3 Å². The standard InChI is InChI=1S/C14H20N6S/c1-4-20(5-2)13-16-12(19-15)17-14(18-13)21-11-8-6-10(3)7-9-11/h6-9H,4-5,15H2,1-3H3,(H,16,17,18,19). The number of nitrogens with zero attached hydrogens (tertiary/aromatic N) is 4. The van der Waals surface area contributed by atoms with E-state index < -0.39 is 0 Å². The SMILES string of the molecule is CCN(CC)c1nc(NN)nc(Sc2ccc(C)cc2)n1. The first-order chi connectivity index (χ1) is 10.2. The van der Waals surface area contributed by atoms with Gasteiger partial charge in [-0.05, 0) is 44.7 Å². The molecule has 1 aromatic carbocycles. The van der Waals surface area contributed by atoms with Gasteiger partial charge in [0.2, 0.25) is 11.9 Å². The topological polar surface area (TPSA) is 80.0 Å². The number of nitrogens with one attached hydrogen (secondary N) is 1. The van der Waals surface area contributed by atoms with Gasteiger partial charge in [-0.1, -0.05) is 17.7 Å². The first-order valence-electron chi connectivity index (χ1n) is 6.88. The molecule has 1 aromatic heterocycles. The average Bonchev–Trinajstić information content (AvgIpc) is 2.50. The average molecular weight is 304 g/mol. The van der Waals surface area contributed by atoms with Crippen LogP contribution in [0.1, 0.15) is 19.4 Å². The molecule has 0 spiro atoms. The number of nitrogen functional groups attached to an aromatic ring is 1. The summed E-state index contributed by atoms with van der Waals surface area (Å²) in [6, 6.07) is 8.24. The van der Waals surface area contributed by atoms with Crippen LogP contribution in [0.3, 0.4) is 0 Å². The van der Waals surface area contributed by atoms with Crippen molar-refractivity contribution in [2.24, 2.45) is 5.84 Å². The molecule has 0 saturated carbocycles. The molecule has 0 aliphatic rings. The Morgan fingerprint density at radius 2 is 1.76 bits per heavy atom. The van der Waals surface area contributed by atoms with E-state index in [1.807, 2.05) is 0 Å². The zero-order valence-corrected chi connectivity index (χ0v) is 13.3. The van der Waals surface area contributed by atoms with Gasteiger partial charge >= 0.3 is 0 Å². The van der Waals surface area contributed by atoms with Crippen LogP contribution in [0, 0.1) is 6.92 Å². The van der Waals surface area contributed by atoms with Gasteiger partial charge in [0, 0.05) is 18.0 Å². The summed E-state index contributed by atoms with van der Waals surface area (Å²) in [5, 5.41) is 0.628. The molecule has 0 amide bonds. The molecular weight excluding hydrogens is 284 g/mol. The van der Waals surface area contributed by atoms with Crippen molar-refractivity contribution in [1.82, 2.24) is 15.0 Å². The van der Waals surface area contributed by atoms with E-state index in [0.29, 0.717) is 17.1 Å². The quantitative estimate of drug-likeness (QED) is 0.627. The molecular formula is C14H20N6S. The molecule has 112 valence electrons. The van der Waals surface area contributed by atoms with Crippen LogP contribution in [0.5, 0.6) is 0 Å². The highest BCUT2D eigenvalue weighted by atomic mass is 32.2. The molecule has 0 saturated heterocycles. The van der Waals surface area contributed by atoms with Crippen molar-refractivity contribution in [2.75, 3.05) is 23.4 Å². The molecule has 3 N–H and O–H groups in total. The minimum absolute atomic E-state index is 0.376. The third-order valence-corrected chi connectivity index (χ3v) is 3.88. The lowest BCUT2D eigenvalue weighted by atomic mass is 10.2. The second kappa shape index (κ2) is 7.24. The van der Waals surface area contributed by atoms with Crippen LogP contribution in [0.2, 0.25) is 0 Å². The fourth-order valence-electron chi connectivity index (χ4n) is 1.82. The van der Waals surface area contributed by atoms with Gasteiger partial charge in [0.15, 0.2) is 5.16 Å². The van der Waals surface area contributed by atoms with Gasteiger partial charge in [0.1, 0.15) is 0 Å². The fourth-order valence-corrected chi connectivity index (χ4v) is 2.56. The number of rotatable bonds is 6. The molecule has 0 unspecified atom stereocenters. The Balaban J connectivity index is 2.29. The maximum Gasteiger partial charge on any atom is 0.242 e. The minimum atomic E-state index is 0.376. The molecule has 0 bridgehead atoms. The van der Waals surface area contributed by atoms with Crippen molar-refractivity contribution >= 4 is 23.7 Å². The van der Waals surface area contributed by atoms with Crippen molar-refractivity contribution in [1.29, 1.82) is 0 Å². The lowest BCUT2D eigenvalue weighted by Gasteiger charge is -2.19. The van der Waals surface area contributed by atoms with Crippen LogP contribution in [0.15, 0.2) is 34.3 Å². The van der Waals surface area contributed by atoms with Crippen molar-refractivity contribution in [2.45, 2.75) is 30.8 Å². The molecule has 0 radical (unpaired) electrons. The van der Waals surface area contributed by atoms with Gasteiger partial charge in [-0.25, -0.2) is 5.84 Å². The summed E-state index contributed by atoms with van der Waals surface area (Å²) in [5.41, 5.74) is 3.73. The number of nitrogens with two attached hydrogens (primary N) is 1. The number of hydrogen-bond acceptors (Lipinski definition) is 7. The zero-order chi connectivity index (χ0) is 15.2. The predicted octanol–water partition coefficient (Wildman–Crippen LogP) is 2.46. The summed E-state index contributed by atoms with van der Waals surface area (Å²) >= 11 is 1.49. The van der Waals surface area contributed by atoms with E-state index in [-0.39, 0.29) is 0 Å². The van der Waals surface area contributed by atoms with Gasteiger partial charge in [-0.3, -0.25) is 5.43 Å². The van der Waals surface area contributed by atoms with E-state index in [0.717, 1.165) is 18.0 Å². The van der Waals surface area contributed by atoms with Crippen LogP contribution in [0.4, 0.5) is 11.9 Å². The highest BCUT2D eigenvalue weighted by Gasteiger charge is 2.11. The Labute approximate surface area is 129 Å². The molecule has 0 aliphatic heterocycles. The Kier molecular flexibility index (Phi) is 5.35. The molecule has 2 rings (SSSR count). The lowest BCUT2D eigenvalue weighted by Crippen LogP contribution is -2.25. The summed E-state index contributed by atoms with van der Waals surface area (Å²) < 4.78 is 0. The molecule has 2 aromatic rings. The molecule has 0 aliphatic carbocycles. The highest BCUT2D eigenvalue weighted by molar-refractivity contribution is 7.99. The van der Waals surface area contributed by atoms with E-state index in [4.69, 9.17) is 5.84 Å².